The first-order chi connectivity index (χ1) is 17.0. The Kier molecular flexibility index (Phi) is 5.70. The van der Waals surface area contributed by atoms with Gasteiger partial charge in [0.15, 0.2) is 11.4 Å². The molecule has 184 valence electrons. The van der Waals surface area contributed by atoms with Gasteiger partial charge in [-0.1, -0.05) is 25.2 Å². The third-order valence-corrected chi connectivity index (χ3v) is 8.05. The van der Waals surface area contributed by atoms with E-state index in [0.717, 1.165) is 60.4 Å². The van der Waals surface area contributed by atoms with Crippen LogP contribution < -0.4 is 9.64 Å². The fraction of sp³-hybridized carbons (Fsp3) is 0.500. The average molecular weight is 495 g/mol. The van der Waals surface area contributed by atoms with E-state index in [2.05, 4.69) is 45.8 Å². The van der Waals surface area contributed by atoms with Gasteiger partial charge in [-0.3, -0.25) is 10.00 Å². The molecule has 2 aliphatic rings. The van der Waals surface area contributed by atoms with Crippen LogP contribution >= 0.6 is 11.3 Å². The number of piperazine rings is 1. The molecule has 0 saturated carbocycles. The lowest BCUT2D eigenvalue weighted by Crippen LogP contribution is -2.59. The molecule has 11 heteroatoms. The molecule has 0 spiro atoms. The standard InChI is InChI=1S/C24H30N8O2S/c1-14(2)20-21(16-7-18(33-4)23-26-13-27-32(23)10-16)28-29-22(20)24-25-8-19(35-24)31-6-5-30(9-15(31)3)17-11-34-12-17/h7-8,10,13-15,17H,5-6,9,11-12H2,1-4H3,(H,28,29). The van der Waals surface area contributed by atoms with Crippen LogP contribution in [0.1, 0.15) is 32.3 Å². The number of methoxy groups -OCH3 is 1. The summed E-state index contributed by atoms with van der Waals surface area (Å²) < 4.78 is 12.7. The van der Waals surface area contributed by atoms with Crippen molar-refractivity contribution in [2.45, 2.75) is 38.8 Å². The molecule has 0 bridgehead atoms. The summed E-state index contributed by atoms with van der Waals surface area (Å²) in [5.74, 6) is 0.916. The third-order valence-electron chi connectivity index (χ3n) is 7.01. The molecule has 6 rings (SSSR count). The Morgan fingerprint density at radius 2 is 2.09 bits per heavy atom. The molecule has 10 nitrogen and oxygen atoms in total. The van der Waals surface area contributed by atoms with E-state index in [1.807, 2.05) is 18.5 Å². The highest BCUT2D eigenvalue weighted by molar-refractivity contribution is 7.18. The van der Waals surface area contributed by atoms with Crippen LogP contribution in [0.3, 0.4) is 0 Å². The van der Waals surface area contributed by atoms with Crippen molar-refractivity contribution in [3.05, 3.63) is 30.4 Å². The van der Waals surface area contributed by atoms with Gasteiger partial charge in [-0.2, -0.15) is 10.2 Å². The molecule has 35 heavy (non-hydrogen) atoms. The van der Waals surface area contributed by atoms with Crippen molar-refractivity contribution >= 4 is 22.0 Å². The van der Waals surface area contributed by atoms with Gasteiger partial charge in [-0.05, 0) is 18.9 Å². The topological polar surface area (TPSA) is 96.7 Å². The lowest BCUT2D eigenvalue weighted by molar-refractivity contribution is -0.0691. The second-order valence-electron chi connectivity index (χ2n) is 9.57. The summed E-state index contributed by atoms with van der Waals surface area (Å²) in [6, 6.07) is 3.00. The molecule has 6 heterocycles. The van der Waals surface area contributed by atoms with Crippen molar-refractivity contribution in [1.29, 1.82) is 0 Å². The van der Waals surface area contributed by atoms with Crippen molar-refractivity contribution < 1.29 is 9.47 Å². The zero-order valence-corrected chi connectivity index (χ0v) is 21.2. The highest BCUT2D eigenvalue weighted by atomic mass is 32.1. The van der Waals surface area contributed by atoms with E-state index in [4.69, 9.17) is 19.6 Å². The number of aromatic nitrogens is 6. The minimum absolute atomic E-state index is 0.246. The van der Waals surface area contributed by atoms with Crippen molar-refractivity contribution in [2.24, 2.45) is 0 Å². The third kappa shape index (κ3) is 3.87. The molecule has 0 aliphatic carbocycles. The summed E-state index contributed by atoms with van der Waals surface area (Å²) in [5.41, 5.74) is 4.62. The van der Waals surface area contributed by atoms with E-state index in [-0.39, 0.29) is 5.92 Å². The summed E-state index contributed by atoms with van der Waals surface area (Å²) in [4.78, 5) is 14.1. The Morgan fingerprint density at radius 1 is 1.23 bits per heavy atom. The first-order valence-corrected chi connectivity index (χ1v) is 12.9. The molecule has 4 aromatic rings. The zero-order valence-electron chi connectivity index (χ0n) is 20.4. The Morgan fingerprint density at radius 3 is 2.80 bits per heavy atom. The number of rotatable bonds is 6. The number of pyridine rings is 1. The number of anilines is 1. The molecule has 0 aromatic carbocycles. The number of hydrogen-bond acceptors (Lipinski definition) is 9. The summed E-state index contributed by atoms with van der Waals surface area (Å²) >= 11 is 1.71. The van der Waals surface area contributed by atoms with Crippen molar-refractivity contribution in [3.8, 4) is 27.7 Å². The molecule has 2 fully saturated rings. The number of H-pyrrole nitrogens is 1. The summed E-state index contributed by atoms with van der Waals surface area (Å²) in [6.07, 6.45) is 5.48. The second-order valence-corrected chi connectivity index (χ2v) is 10.6. The van der Waals surface area contributed by atoms with Crippen LogP contribution in [0.2, 0.25) is 0 Å². The van der Waals surface area contributed by atoms with Gasteiger partial charge in [0.1, 0.15) is 22.0 Å². The van der Waals surface area contributed by atoms with Crippen LogP contribution in [0.5, 0.6) is 5.75 Å². The maximum atomic E-state index is 5.57. The number of ether oxygens (including phenoxy) is 2. The van der Waals surface area contributed by atoms with Gasteiger partial charge >= 0.3 is 0 Å². The first kappa shape index (κ1) is 22.4. The SMILES string of the molecule is COc1cc(-c2[nH]nc(-c3ncc(N4CCN(C5COC5)CC4C)s3)c2C(C)C)cn2ncnc12. The highest BCUT2D eigenvalue weighted by Gasteiger charge is 2.33. The van der Waals surface area contributed by atoms with Gasteiger partial charge in [0.05, 0.1) is 38.3 Å². The van der Waals surface area contributed by atoms with Crippen molar-refractivity contribution in [3.63, 3.8) is 0 Å². The van der Waals surface area contributed by atoms with Gasteiger partial charge in [-0.15, -0.1) is 0 Å². The average Bonchev–Trinajstić information content (AvgIpc) is 3.55. The quantitative estimate of drug-likeness (QED) is 0.436. The number of hydrogen-bond donors (Lipinski definition) is 1. The summed E-state index contributed by atoms with van der Waals surface area (Å²) in [6.45, 7) is 11.5. The second kappa shape index (κ2) is 8.89. The predicted octanol–water partition coefficient (Wildman–Crippen LogP) is 3.28. The minimum atomic E-state index is 0.246. The van der Waals surface area contributed by atoms with Gasteiger partial charge in [0.25, 0.3) is 0 Å². The molecule has 0 amide bonds. The van der Waals surface area contributed by atoms with E-state index in [1.54, 1.807) is 23.0 Å². The lowest BCUT2D eigenvalue weighted by atomic mass is 9.97. The Labute approximate surface area is 207 Å². The van der Waals surface area contributed by atoms with Gasteiger partial charge in [0, 0.05) is 43.0 Å². The van der Waals surface area contributed by atoms with E-state index >= 15 is 0 Å². The number of nitrogens with zero attached hydrogens (tertiary/aromatic N) is 7. The molecule has 0 radical (unpaired) electrons. The maximum Gasteiger partial charge on any atom is 0.197 e. The van der Waals surface area contributed by atoms with Crippen LogP contribution in [0, 0.1) is 0 Å². The largest absolute Gasteiger partial charge is 0.493 e. The molecular weight excluding hydrogens is 464 g/mol. The highest BCUT2D eigenvalue weighted by Crippen LogP contribution is 2.40. The summed E-state index contributed by atoms with van der Waals surface area (Å²) in [5, 5.41) is 14.4. The van der Waals surface area contributed by atoms with Crippen LogP contribution in [-0.4, -0.2) is 86.7 Å². The normalized spacial score (nSPS) is 19.6. The molecule has 1 atom stereocenters. The number of fused-ring (bicyclic) bond motifs is 1. The number of aromatic amines is 1. The smallest absolute Gasteiger partial charge is 0.197 e. The van der Waals surface area contributed by atoms with E-state index in [9.17, 15) is 0 Å². The van der Waals surface area contributed by atoms with Gasteiger partial charge in [-0.25, -0.2) is 14.5 Å². The first-order valence-electron chi connectivity index (χ1n) is 12.0. The molecule has 2 saturated heterocycles. The fourth-order valence-electron chi connectivity index (χ4n) is 5.07. The van der Waals surface area contributed by atoms with Gasteiger partial charge < -0.3 is 14.4 Å². The maximum absolute atomic E-state index is 5.57. The van der Waals surface area contributed by atoms with Crippen LogP contribution in [0.15, 0.2) is 24.8 Å². The predicted molar refractivity (Wildman–Crippen MR) is 135 cm³/mol. The molecule has 1 unspecified atom stereocenters. The summed E-state index contributed by atoms with van der Waals surface area (Å²) in [7, 11) is 1.65. The number of nitrogens with one attached hydrogen (secondary N) is 1. The molecule has 1 N–H and O–H groups in total. The van der Waals surface area contributed by atoms with E-state index in [0.29, 0.717) is 23.5 Å². The van der Waals surface area contributed by atoms with E-state index in [1.165, 1.54) is 11.3 Å². The Balaban J connectivity index is 1.31. The Bertz CT molecular complexity index is 1340. The van der Waals surface area contributed by atoms with Crippen LogP contribution in [0.25, 0.3) is 27.6 Å². The van der Waals surface area contributed by atoms with Crippen molar-refractivity contribution in [1.82, 2.24) is 34.7 Å². The fourth-order valence-corrected chi connectivity index (χ4v) is 6.12. The van der Waals surface area contributed by atoms with Crippen molar-refractivity contribution in [2.75, 3.05) is 44.9 Å². The zero-order chi connectivity index (χ0) is 24.1. The minimum Gasteiger partial charge on any atom is -0.493 e. The van der Waals surface area contributed by atoms with Crippen LogP contribution in [-0.2, 0) is 4.74 Å². The monoisotopic (exact) mass is 494 g/mol. The lowest BCUT2D eigenvalue weighted by Gasteiger charge is -2.46. The number of thiazole rings is 1. The molecule has 4 aromatic heterocycles. The molecule has 2 aliphatic heterocycles. The molecular formula is C24H30N8O2S. The van der Waals surface area contributed by atoms with E-state index < -0.39 is 0 Å². The Hall–Kier alpha value is -3.02. The van der Waals surface area contributed by atoms with Crippen LogP contribution in [0.4, 0.5) is 5.00 Å². The van der Waals surface area contributed by atoms with Gasteiger partial charge in [0.2, 0.25) is 0 Å².